The van der Waals surface area contributed by atoms with E-state index < -0.39 is 28.7 Å². The average molecular weight is 453 g/mol. The molecule has 3 rings (SSSR count). The maximum Gasteiger partial charge on any atom is 0.422 e. The Balaban J connectivity index is 1.72. The van der Waals surface area contributed by atoms with Crippen LogP contribution < -0.4 is 14.8 Å². The van der Waals surface area contributed by atoms with Crippen LogP contribution in [0.4, 0.5) is 18.9 Å². The van der Waals surface area contributed by atoms with Crippen molar-refractivity contribution in [3.8, 4) is 11.8 Å². The molecule has 0 spiro atoms. The zero-order chi connectivity index (χ0) is 22.6. The molecule has 1 aliphatic carbocycles. The lowest BCUT2D eigenvalue weighted by Gasteiger charge is -2.12. The molecule has 2 aromatic rings. The summed E-state index contributed by atoms with van der Waals surface area (Å²) >= 11 is 0. The Morgan fingerprint density at radius 2 is 1.94 bits per heavy atom. The van der Waals surface area contributed by atoms with E-state index in [1.165, 1.54) is 36.4 Å². The maximum absolute atomic E-state index is 12.5. The number of nitriles is 1. The van der Waals surface area contributed by atoms with E-state index in [0.717, 1.165) is 18.9 Å². The molecule has 7 nitrogen and oxygen atoms in total. The van der Waals surface area contributed by atoms with Crippen LogP contribution in [0.15, 0.2) is 47.4 Å². The number of anilines is 1. The summed E-state index contributed by atoms with van der Waals surface area (Å²) in [6.07, 6.45) is -2.59. The number of nitrogens with zero attached hydrogens (tertiary/aromatic N) is 1. The van der Waals surface area contributed by atoms with Gasteiger partial charge in [-0.2, -0.15) is 18.4 Å². The van der Waals surface area contributed by atoms with Crippen LogP contribution >= 0.6 is 0 Å². The van der Waals surface area contributed by atoms with Crippen molar-refractivity contribution >= 4 is 21.6 Å². The maximum atomic E-state index is 12.5. The number of carbonyl (C=O) groups excluding carboxylic acids is 1. The quantitative estimate of drug-likeness (QED) is 0.637. The first-order valence-electron chi connectivity index (χ1n) is 9.22. The summed E-state index contributed by atoms with van der Waals surface area (Å²) in [5.74, 6) is -0.571. The Kier molecular flexibility index (Phi) is 6.52. The lowest BCUT2D eigenvalue weighted by atomic mass is 10.1. The number of sulfonamides is 1. The summed E-state index contributed by atoms with van der Waals surface area (Å²) in [7, 11) is -3.76. The number of hydrogen-bond donors (Lipinski definition) is 2. The van der Waals surface area contributed by atoms with Crippen LogP contribution in [0.2, 0.25) is 0 Å². The van der Waals surface area contributed by atoms with Gasteiger partial charge in [-0.15, -0.1) is 0 Å². The summed E-state index contributed by atoms with van der Waals surface area (Å²) < 4.78 is 68.8. The van der Waals surface area contributed by atoms with Crippen LogP contribution in [0.1, 0.15) is 28.8 Å². The van der Waals surface area contributed by atoms with Crippen molar-refractivity contribution in [3.63, 3.8) is 0 Å². The van der Waals surface area contributed by atoms with Gasteiger partial charge in [0.2, 0.25) is 10.0 Å². The molecule has 2 N–H and O–H groups in total. The third kappa shape index (κ3) is 6.44. The summed E-state index contributed by atoms with van der Waals surface area (Å²) in [6, 6.07) is 10.7. The van der Waals surface area contributed by atoms with Gasteiger partial charge >= 0.3 is 6.18 Å². The molecule has 0 saturated heterocycles. The molecule has 1 fully saturated rings. The number of carbonyl (C=O) groups is 1. The minimum absolute atomic E-state index is 0.0604. The molecule has 0 aromatic heterocycles. The van der Waals surface area contributed by atoms with E-state index in [1.807, 2.05) is 0 Å². The zero-order valence-corrected chi connectivity index (χ0v) is 16.9. The van der Waals surface area contributed by atoms with Crippen molar-refractivity contribution in [2.24, 2.45) is 5.92 Å². The minimum atomic E-state index is -4.56. The van der Waals surface area contributed by atoms with Gasteiger partial charge in [0.05, 0.1) is 10.5 Å². The molecule has 2 aromatic carbocycles. The number of hydrogen-bond acceptors (Lipinski definition) is 5. The highest BCUT2D eigenvalue weighted by Gasteiger charge is 2.29. The molecule has 1 amide bonds. The molecule has 0 bridgehead atoms. The molecule has 0 atom stereocenters. The number of alkyl halides is 3. The van der Waals surface area contributed by atoms with Crippen LogP contribution in [0, 0.1) is 17.2 Å². The molecule has 0 aliphatic heterocycles. The lowest BCUT2D eigenvalue weighted by Crippen LogP contribution is -2.26. The first-order valence-corrected chi connectivity index (χ1v) is 10.7. The fourth-order valence-corrected chi connectivity index (χ4v) is 3.78. The second-order valence-corrected chi connectivity index (χ2v) is 8.77. The van der Waals surface area contributed by atoms with Gasteiger partial charge in [0.15, 0.2) is 6.61 Å². The van der Waals surface area contributed by atoms with Crippen molar-refractivity contribution in [3.05, 3.63) is 53.6 Å². The van der Waals surface area contributed by atoms with Crippen LogP contribution in [-0.2, 0) is 10.0 Å². The first-order chi connectivity index (χ1) is 14.6. The zero-order valence-electron chi connectivity index (χ0n) is 16.1. The molecule has 1 aliphatic rings. The second-order valence-electron chi connectivity index (χ2n) is 7.00. The van der Waals surface area contributed by atoms with Crippen molar-refractivity contribution in [1.29, 1.82) is 5.26 Å². The van der Waals surface area contributed by atoms with Gasteiger partial charge < -0.3 is 10.1 Å². The van der Waals surface area contributed by atoms with E-state index >= 15 is 0 Å². The third-order valence-electron chi connectivity index (χ3n) is 4.41. The molecule has 0 heterocycles. The Morgan fingerprint density at radius 1 is 1.19 bits per heavy atom. The molecule has 164 valence electrons. The highest BCUT2D eigenvalue weighted by Crippen LogP contribution is 2.28. The van der Waals surface area contributed by atoms with Gasteiger partial charge in [-0.1, -0.05) is 6.07 Å². The van der Waals surface area contributed by atoms with Crippen LogP contribution in [0.3, 0.4) is 0 Å². The van der Waals surface area contributed by atoms with E-state index in [2.05, 4.69) is 14.8 Å². The third-order valence-corrected chi connectivity index (χ3v) is 5.84. The predicted octanol–water partition coefficient (Wildman–Crippen LogP) is 3.44. The van der Waals surface area contributed by atoms with E-state index in [1.54, 1.807) is 6.07 Å². The van der Waals surface area contributed by atoms with E-state index in [-0.39, 0.29) is 27.5 Å². The average Bonchev–Trinajstić information content (AvgIpc) is 3.55. The summed E-state index contributed by atoms with van der Waals surface area (Å²) in [6.45, 7) is -1.21. The second kappa shape index (κ2) is 8.95. The largest absolute Gasteiger partial charge is 0.483 e. The number of ether oxygens (including phenoxy) is 1. The molecular weight excluding hydrogens is 435 g/mol. The smallest absolute Gasteiger partial charge is 0.422 e. The Hall–Kier alpha value is -3.10. The van der Waals surface area contributed by atoms with Crippen molar-refractivity contribution < 1.29 is 31.1 Å². The highest BCUT2D eigenvalue weighted by molar-refractivity contribution is 7.89. The number of benzene rings is 2. The molecule has 0 radical (unpaired) electrons. The summed E-state index contributed by atoms with van der Waals surface area (Å²) in [4.78, 5) is 12.5. The SMILES string of the molecule is N#Cc1cc(NC(=O)c2cccc(S(=O)(=O)NCC3CC3)c2)ccc1OCC(F)(F)F. The summed E-state index contributed by atoms with van der Waals surface area (Å²) in [5.41, 5.74) is 0.00823. The molecular formula is C20H18F3N3O4S. The van der Waals surface area contributed by atoms with Crippen LogP contribution in [0.25, 0.3) is 0 Å². The van der Waals surface area contributed by atoms with E-state index in [0.29, 0.717) is 12.5 Å². The fraction of sp³-hybridized carbons (Fsp3) is 0.300. The monoisotopic (exact) mass is 453 g/mol. The van der Waals surface area contributed by atoms with Crippen molar-refractivity contribution in [1.82, 2.24) is 4.72 Å². The van der Waals surface area contributed by atoms with Gasteiger partial charge in [-0.05, 0) is 55.2 Å². The Labute approximate surface area is 176 Å². The minimum Gasteiger partial charge on any atom is -0.483 e. The van der Waals surface area contributed by atoms with Crippen LogP contribution in [-0.4, -0.2) is 33.7 Å². The highest BCUT2D eigenvalue weighted by atomic mass is 32.2. The van der Waals surface area contributed by atoms with Gasteiger partial charge in [0.1, 0.15) is 11.8 Å². The van der Waals surface area contributed by atoms with E-state index in [4.69, 9.17) is 5.26 Å². The number of nitrogens with one attached hydrogen (secondary N) is 2. The fourth-order valence-electron chi connectivity index (χ4n) is 2.62. The topological polar surface area (TPSA) is 108 Å². The first kappa shape index (κ1) is 22.6. The van der Waals surface area contributed by atoms with Crippen LogP contribution in [0.5, 0.6) is 5.75 Å². The van der Waals surface area contributed by atoms with Gasteiger partial charge in [0.25, 0.3) is 5.91 Å². The van der Waals surface area contributed by atoms with Crippen molar-refractivity contribution in [2.45, 2.75) is 23.9 Å². The standard InChI is InChI=1S/C20H18F3N3O4S/c21-20(22,23)12-30-18-7-6-16(8-15(18)10-24)26-19(27)14-2-1-3-17(9-14)31(28,29)25-11-13-4-5-13/h1-3,6-9,13,25H,4-5,11-12H2,(H,26,27). The van der Waals surface area contributed by atoms with Gasteiger partial charge in [0, 0.05) is 17.8 Å². The van der Waals surface area contributed by atoms with Crippen molar-refractivity contribution in [2.75, 3.05) is 18.5 Å². The molecule has 31 heavy (non-hydrogen) atoms. The predicted molar refractivity (Wildman–Crippen MR) is 105 cm³/mol. The number of halogens is 3. The number of rotatable bonds is 8. The molecule has 0 unspecified atom stereocenters. The number of amides is 1. The summed E-state index contributed by atoms with van der Waals surface area (Å²) in [5, 5.41) is 11.6. The lowest BCUT2D eigenvalue weighted by molar-refractivity contribution is -0.153. The van der Waals surface area contributed by atoms with Gasteiger partial charge in [-0.3, -0.25) is 4.79 Å². The Bertz CT molecular complexity index is 1120. The normalized spacial score (nSPS) is 14.0. The Morgan fingerprint density at radius 3 is 2.58 bits per heavy atom. The van der Waals surface area contributed by atoms with E-state index in [9.17, 15) is 26.4 Å². The molecule has 11 heteroatoms. The molecule has 1 saturated carbocycles. The van der Waals surface area contributed by atoms with Gasteiger partial charge in [-0.25, -0.2) is 13.1 Å².